The van der Waals surface area contributed by atoms with E-state index in [-0.39, 0.29) is 37.4 Å². The van der Waals surface area contributed by atoms with Crippen molar-refractivity contribution in [3.8, 4) is 0 Å². The Morgan fingerprint density at radius 2 is 1.71 bits per heavy atom. The summed E-state index contributed by atoms with van der Waals surface area (Å²) in [6.45, 7) is 7.72. The summed E-state index contributed by atoms with van der Waals surface area (Å²) < 4.78 is 26.0. The monoisotopic (exact) mass is 507 g/mol. The molecule has 1 N–H and O–H groups in total. The van der Waals surface area contributed by atoms with E-state index in [4.69, 9.17) is 11.6 Å². The first kappa shape index (κ1) is 27.7. The first-order valence-corrected chi connectivity index (χ1v) is 13.5. The molecular formula is C25H34ClN3O4S. The minimum atomic E-state index is -3.52. The van der Waals surface area contributed by atoms with Crippen LogP contribution in [0.25, 0.3) is 0 Å². The maximum atomic E-state index is 13.2. The number of halogens is 1. The summed E-state index contributed by atoms with van der Waals surface area (Å²) >= 11 is 6.10. The molecule has 0 unspecified atom stereocenters. The standard InChI is InChI=1S/C25H34ClN3O4S/c1-18(2)27-25(31)20(4)28(17-21-8-6-9-22(26)16-21)24(30)10-7-15-29(34(5,32)33)23-13-11-19(3)12-14-23/h6,8-9,11-14,16,18,20H,7,10,15,17H2,1-5H3,(H,27,31)/t20-/m0/s1. The number of carbonyl (C=O) groups excluding carboxylic acids is 2. The summed E-state index contributed by atoms with van der Waals surface area (Å²) in [4.78, 5) is 27.4. The number of anilines is 1. The normalized spacial score (nSPS) is 12.3. The number of rotatable bonds is 11. The van der Waals surface area contributed by atoms with Crippen LogP contribution in [0.15, 0.2) is 48.5 Å². The minimum Gasteiger partial charge on any atom is -0.352 e. The maximum absolute atomic E-state index is 13.2. The number of aryl methyl sites for hydroxylation is 1. The predicted molar refractivity (Wildman–Crippen MR) is 137 cm³/mol. The van der Waals surface area contributed by atoms with Crippen molar-refractivity contribution in [3.05, 3.63) is 64.7 Å². The highest BCUT2D eigenvalue weighted by Crippen LogP contribution is 2.20. The van der Waals surface area contributed by atoms with Gasteiger partial charge in [0, 0.05) is 30.6 Å². The highest BCUT2D eigenvalue weighted by molar-refractivity contribution is 7.92. The Bertz CT molecular complexity index is 1090. The van der Waals surface area contributed by atoms with Gasteiger partial charge >= 0.3 is 0 Å². The second kappa shape index (κ2) is 12.2. The Hall–Kier alpha value is -2.58. The summed E-state index contributed by atoms with van der Waals surface area (Å²) in [5, 5.41) is 3.40. The molecule has 34 heavy (non-hydrogen) atoms. The lowest BCUT2D eigenvalue weighted by Gasteiger charge is -2.30. The summed E-state index contributed by atoms with van der Waals surface area (Å²) in [5.74, 6) is -0.480. The van der Waals surface area contributed by atoms with Crippen LogP contribution in [0.4, 0.5) is 5.69 Å². The minimum absolute atomic E-state index is 0.0594. The number of amides is 2. The average Bonchev–Trinajstić information content (AvgIpc) is 2.74. The first-order chi connectivity index (χ1) is 15.9. The molecule has 0 aliphatic rings. The SMILES string of the molecule is Cc1ccc(N(CCCC(=O)N(Cc2cccc(Cl)c2)[C@@H](C)C(=O)NC(C)C)S(C)(=O)=O)cc1. The third-order valence-electron chi connectivity index (χ3n) is 5.31. The smallest absolute Gasteiger partial charge is 0.242 e. The zero-order chi connectivity index (χ0) is 25.5. The van der Waals surface area contributed by atoms with Crippen molar-refractivity contribution in [2.75, 3.05) is 17.1 Å². The molecule has 2 amide bonds. The number of hydrogen-bond acceptors (Lipinski definition) is 4. The maximum Gasteiger partial charge on any atom is 0.242 e. The summed E-state index contributed by atoms with van der Waals surface area (Å²) in [5.41, 5.74) is 2.39. The average molecular weight is 508 g/mol. The van der Waals surface area contributed by atoms with Crippen molar-refractivity contribution in [1.82, 2.24) is 10.2 Å². The summed E-state index contributed by atoms with van der Waals surface area (Å²) in [7, 11) is -3.52. The molecule has 9 heteroatoms. The van der Waals surface area contributed by atoms with Gasteiger partial charge in [-0.1, -0.05) is 41.4 Å². The van der Waals surface area contributed by atoms with Crippen LogP contribution in [0, 0.1) is 6.92 Å². The molecule has 0 bridgehead atoms. The Balaban J connectivity index is 2.16. The quantitative estimate of drug-likeness (QED) is 0.495. The fourth-order valence-corrected chi connectivity index (χ4v) is 4.71. The van der Waals surface area contributed by atoms with Gasteiger partial charge in [-0.2, -0.15) is 0 Å². The van der Waals surface area contributed by atoms with E-state index < -0.39 is 16.1 Å². The van der Waals surface area contributed by atoms with Crippen molar-refractivity contribution in [2.24, 2.45) is 0 Å². The van der Waals surface area contributed by atoms with Crippen molar-refractivity contribution in [2.45, 2.75) is 59.2 Å². The summed E-state index contributed by atoms with van der Waals surface area (Å²) in [6.07, 6.45) is 1.56. The van der Waals surface area contributed by atoms with Gasteiger partial charge in [-0.05, 0) is 63.9 Å². The molecule has 7 nitrogen and oxygen atoms in total. The molecule has 0 fully saturated rings. The predicted octanol–water partition coefficient (Wildman–Crippen LogP) is 4.14. The molecule has 2 rings (SSSR count). The largest absolute Gasteiger partial charge is 0.352 e. The zero-order valence-corrected chi connectivity index (χ0v) is 22.0. The lowest BCUT2D eigenvalue weighted by molar-refractivity contribution is -0.140. The molecule has 0 spiro atoms. The molecule has 0 aromatic heterocycles. The lowest BCUT2D eigenvalue weighted by atomic mass is 10.1. The third-order valence-corrected chi connectivity index (χ3v) is 6.74. The lowest BCUT2D eigenvalue weighted by Crippen LogP contribution is -2.49. The van der Waals surface area contributed by atoms with Crippen LogP contribution < -0.4 is 9.62 Å². The molecule has 0 saturated carbocycles. The highest BCUT2D eigenvalue weighted by atomic mass is 35.5. The van der Waals surface area contributed by atoms with Crippen molar-refractivity contribution in [3.63, 3.8) is 0 Å². The topological polar surface area (TPSA) is 86.8 Å². The number of sulfonamides is 1. The fraction of sp³-hybridized carbons (Fsp3) is 0.440. The Morgan fingerprint density at radius 1 is 1.06 bits per heavy atom. The molecular weight excluding hydrogens is 474 g/mol. The Labute approximate surface area is 208 Å². The van der Waals surface area contributed by atoms with Crippen LogP contribution in [0.1, 0.15) is 44.7 Å². The molecule has 2 aromatic rings. The van der Waals surface area contributed by atoms with E-state index >= 15 is 0 Å². The molecule has 0 aliphatic carbocycles. The second-order valence-corrected chi connectivity index (χ2v) is 11.1. The van der Waals surface area contributed by atoms with Gasteiger partial charge in [0.05, 0.1) is 11.9 Å². The first-order valence-electron chi connectivity index (χ1n) is 11.3. The molecule has 0 aliphatic heterocycles. The van der Waals surface area contributed by atoms with Gasteiger partial charge in [0.2, 0.25) is 21.8 Å². The van der Waals surface area contributed by atoms with Crippen molar-refractivity contribution >= 4 is 39.1 Å². The third kappa shape index (κ3) is 8.33. The van der Waals surface area contributed by atoms with Crippen LogP contribution in [0.2, 0.25) is 5.02 Å². The van der Waals surface area contributed by atoms with Crippen LogP contribution in [0.5, 0.6) is 0 Å². The van der Waals surface area contributed by atoms with Gasteiger partial charge in [0.25, 0.3) is 0 Å². The highest BCUT2D eigenvalue weighted by Gasteiger charge is 2.27. The molecule has 0 saturated heterocycles. The fourth-order valence-electron chi connectivity index (χ4n) is 3.53. The van der Waals surface area contributed by atoms with Gasteiger partial charge in [-0.15, -0.1) is 0 Å². The Kier molecular flexibility index (Phi) is 9.94. The van der Waals surface area contributed by atoms with E-state index in [1.165, 1.54) is 9.21 Å². The van der Waals surface area contributed by atoms with E-state index in [1.54, 1.807) is 37.3 Å². The van der Waals surface area contributed by atoms with Gasteiger partial charge < -0.3 is 10.2 Å². The van der Waals surface area contributed by atoms with Crippen molar-refractivity contribution in [1.29, 1.82) is 0 Å². The van der Waals surface area contributed by atoms with Crippen molar-refractivity contribution < 1.29 is 18.0 Å². The second-order valence-electron chi connectivity index (χ2n) is 8.77. The van der Waals surface area contributed by atoms with Crippen LogP contribution in [-0.2, 0) is 26.2 Å². The number of benzene rings is 2. The van der Waals surface area contributed by atoms with E-state index in [0.717, 1.165) is 17.4 Å². The van der Waals surface area contributed by atoms with E-state index in [1.807, 2.05) is 39.0 Å². The molecule has 0 radical (unpaired) electrons. The molecule has 2 aromatic carbocycles. The van der Waals surface area contributed by atoms with Crippen LogP contribution in [0.3, 0.4) is 0 Å². The van der Waals surface area contributed by atoms with E-state index in [9.17, 15) is 18.0 Å². The molecule has 0 heterocycles. The molecule has 1 atom stereocenters. The number of hydrogen-bond donors (Lipinski definition) is 1. The van der Waals surface area contributed by atoms with E-state index in [0.29, 0.717) is 17.1 Å². The number of nitrogens with one attached hydrogen (secondary N) is 1. The van der Waals surface area contributed by atoms with E-state index in [2.05, 4.69) is 5.32 Å². The summed E-state index contributed by atoms with van der Waals surface area (Å²) in [6, 6.07) is 13.6. The van der Waals surface area contributed by atoms with Gasteiger partial charge in [0.15, 0.2) is 0 Å². The zero-order valence-electron chi connectivity index (χ0n) is 20.4. The van der Waals surface area contributed by atoms with Gasteiger partial charge in [-0.3, -0.25) is 13.9 Å². The van der Waals surface area contributed by atoms with Crippen LogP contribution >= 0.6 is 11.6 Å². The van der Waals surface area contributed by atoms with Gasteiger partial charge in [0.1, 0.15) is 6.04 Å². The number of carbonyl (C=O) groups is 2. The Morgan fingerprint density at radius 3 is 2.26 bits per heavy atom. The van der Waals surface area contributed by atoms with Gasteiger partial charge in [-0.25, -0.2) is 8.42 Å². The van der Waals surface area contributed by atoms with Crippen LogP contribution in [-0.4, -0.2) is 50.0 Å². The number of nitrogens with zero attached hydrogens (tertiary/aromatic N) is 2. The molecule has 186 valence electrons.